The number of hydrogen-bond donors (Lipinski definition) is 1. The maximum atomic E-state index is 13.9. The molecule has 0 heterocycles. The summed E-state index contributed by atoms with van der Waals surface area (Å²) in [5.41, 5.74) is 0.526. The first-order chi connectivity index (χ1) is 18.3. The summed E-state index contributed by atoms with van der Waals surface area (Å²) in [4.78, 5) is 28.4. The Morgan fingerprint density at radius 1 is 0.897 bits per heavy atom. The van der Waals surface area contributed by atoms with Crippen LogP contribution in [0, 0.1) is 0 Å². The lowest BCUT2D eigenvalue weighted by Crippen LogP contribution is -2.55. The van der Waals surface area contributed by atoms with Gasteiger partial charge in [-0.3, -0.25) is 13.9 Å². The summed E-state index contributed by atoms with van der Waals surface area (Å²) in [7, 11) is -4.22. The zero-order valence-electron chi connectivity index (χ0n) is 22.4. The molecule has 0 spiro atoms. The van der Waals surface area contributed by atoms with Crippen molar-refractivity contribution in [2.75, 3.05) is 17.4 Å². The van der Waals surface area contributed by atoms with Crippen LogP contribution in [0.5, 0.6) is 0 Å². The maximum Gasteiger partial charge on any atom is 0.264 e. The van der Waals surface area contributed by atoms with Crippen LogP contribution < -0.4 is 9.62 Å². The molecule has 2 amide bonds. The smallest absolute Gasteiger partial charge is 0.264 e. The Labute approximate surface area is 240 Å². The maximum absolute atomic E-state index is 13.9. The predicted molar refractivity (Wildman–Crippen MR) is 157 cm³/mol. The summed E-state index contributed by atoms with van der Waals surface area (Å²) >= 11 is 12.7. The molecule has 0 radical (unpaired) electrons. The number of benzene rings is 3. The topological polar surface area (TPSA) is 86.8 Å². The second-order valence-electron chi connectivity index (χ2n) is 10.1. The number of rotatable bonds is 10. The fraction of sp³-hybridized carbons (Fsp3) is 0.310. The van der Waals surface area contributed by atoms with Crippen molar-refractivity contribution in [2.24, 2.45) is 0 Å². The first kappa shape index (κ1) is 30.5. The van der Waals surface area contributed by atoms with Crippen LogP contribution in [0.2, 0.25) is 10.0 Å². The molecule has 39 heavy (non-hydrogen) atoms. The highest BCUT2D eigenvalue weighted by Gasteiger charge is 2.34. The van der Waals surface area contributed by atoms with E-state index in [1.54, 1.807) is 31.2 Å². The fourth-order valence-corrected chi connectivity index (χ4v) is 5.86. The number of hydrogen-bond acceptors (Lipinski definition) is 4. The van der Waals surface area contributed by atoms with Gasteiger partial charge in [0.1, 0.15) is 12.6 Å². The van der Waals surface area contributed by atoms with Gasteiger partial charge in [-0.25, -0.2) is 8.42 Å². The first-order valence-corrected chi connectivity index (χ1v) is 14.7. The minimum absolute atomic E-state index is 0.000771. The normalized spacial score (nSPS) is 12.5. The number of carbonyl (C=O) groups is 2. The Morgan fingerprint density at radius 3 is 2.08 bits per heavy atom. The highest BCUT2D eigenvalue weighted by atomic mass is 35.5. The average Bonchev–Trinajstić information content (AvgIpc) is 2.89. The van der Waals surface area contributed by atoms with Crippen molar-refractivity contribution in [3.8, 4) is 0 Å². The predicted octanol–water partition coefficient (Wildman–Crippen LogP) is 5.56. The molecule has 1 unspecified atom stereocenters. The zero-order chi connectivity index (χ0) is 28.8. The van der Waals surface area contributed by atoms with Crippen LogP contribution in [-0.4, -0.2) is 49.8 Å². The van der Waals surface area contributed by atoms with Gasteiger partial charge in [-0.05, 0) is 63.9 Å². The Kier molecular flexibility index (Phi) is 10.0. The van der Waals surface area contributed by atoms with Gasteiger partial charge in [0.2, 0.25) is 11.8 Å². The van der Waals surface area contributed by atoms with Gasteiger partial charge in [0.05, 0.1) is 20.6 Å². The van der Waals surface area contributed by atoms with Crippen molar-refractivity contribution in [1.82, 2.24) is 10.2 Å². The fourth-order valence-electron chi connectivity index (χ4n) is 3.96. The third-order valence-electron chi connectivity index (χ3n) is 5.96. The largest absolute Gasteiger partial charge is 0.350 e. The van der Waals surface area contributed by atoms with Gasteiger partial charge in [0.15, 0.2) is 0 Å². The van der Waals surface area contributed by atoms with Gasteiger partial charge in [-0.15, -0.1) is 0 Å². The Morgan fingerprint density at radius 2 is 1.49 bits per heavy atom. The number of anilines is 1. The van der Waals surface area contributed by atoms with Gasteiger partial charge in [0, 0.05) is 12.1 Å². The van der Waals surface area contributed by atoms with Crippen LogP contribution in [0.15, 0.2) is 83.8 Å². The molecule has 1 atom stereocenters. The third kappa shape index (κ3) is 7.97. The van der Waals surface area contributed by atoms with E-state index in [-0.39, 0.29) is 33.1 Å². The van der Waals surface area contributed by atoms with E-state index >= 15 is 0 Å². The summed E-state index contributed by atoms with van der Waals surface area (Å²) in [5.74, 6) is -0.903. The third-order valence-corrected chi connectivity index (χ3v) is 8.54. The molecule has 0 aliphatic heterocycles. The zero-order valence-corrected chi connectivity index (χ0v) is 24.7. The van der Waals surface area contributed by atoms with Gasteiger partial charge in [-0.2, -0.15) is 0 Å². The van der Waals surface area contributed by atoms with Gasteiger partial charge in [-0.1, -0.05) is 77.8 Å². The van der Waals surface area contributed by atoms with Gasteiger partial charge in [0.25, 0.3) is 10.0 Å². The summed E-state index contributed by atoms with van der Waals surface area (Å²) in [5, 5.41) is 3.05. The Bertz CT molecular complexity index is 1400. The van der Waals surface area contributed by atoms with E-state index in [9.17, 15) is 18.0 Å². The highest BCUT2D eigenvalue weighted by molar-refractivity contribution is 7.92. The van der Waals surface area contributed by atoms with Crippen LogP contribution in [0.25, 0.3) is 0 Å². The minimum Gasteiger partial charge on any atom is -0.350 e. The van der Waals surface area contributed by atoms with Crippen LogP contribution in [-0.2, 0) is 26.0 Å². The lowest BCUT2D eigenvalue weighted by molar-refractivity contribution is -0.139. The number of sulfonamides is 1. The van der Waals surface area contributed by atoms with E-state index in [0.717, 1.165) is 9.87 Å². The van der Waals surface area contributed by atoms with Gasteiger partial charge < -0.3 is 10.2 Å². The molecule has 3 rings (SSSR count). The van der Waals surface area contributed by atoms with E-state index in [0.29, 0.717) is 6.42 Å². The lowest BCUT2D eigenvalue weighted by Gasteiger charge is -2.33. The van der Waals surface area contributed by atoms with Crippen LogP contribution >= 0.6 is 23.2 Å². The second kappa shape index (κ2) is 12.9. The molecular weight excluding hydrogens is 557 g/mol. The molecular formula is C29H33Cl2N3O4S. The molecule has 0 fully saturated rings. The van der Waals surface area contributed by atoms with Crippen molar-refractivity contribution in [1.29, 1.82) is 0 Å². The molecule has 0 saturated heterocycles. The molecule has 3 aromatic carbocycles. The van der Waals surface area contributed by atoms with Crippen molar-refractivity contribution < 1.29 is 18.0 Å². The molecule has 10 heteroatoms. The van der Waals surface area contributed by atoms with E-state index in [1.807, 2.05) is 51.1 Å². The van der Waals surface area contributed by atoms with Crippen molar-refractivity contribution in [2.45, 2.75) is 50.6 Å². The van der Waals surface area contributed by atoms with Crippen LogP contribution in [0.3, 0.4) is 0 Å². The lowest BCUT2D eigenvalue weighted by atomic mass is 10.1. The molecule has 0 saturated carbocycles. The Balaban J connectivity index is 2.01. The van der Waals surface area contributed by atoms with Crippen molar-refractivity contribution in [3.63, 3.8) is 0 Å². The average molecular weight is 591 g/mol. The molecule has 7 nitrogen and oxygen atoms in total. The van der Waals surface area contributed by atoms with Crippen molar-refractivity contribution in [3.05, 3.63) is 94.5 Å². The molecule has 3 aromatic rings. The number of amides is 2. The number of nitrogens with zero attached hydrogens (tertiary/aromatic N) is 2. The SMILES string of the molecule is CC(C(=O)NC(C)(C)C)N(CCc1ccccc1)C(=O)CN(c1cccc(Cl)c1Cl)S(=O)(=O)c1ccccc1. The quantitative estimate of drug-likeness (QED) is 0.335. The van der Waals surface area contributed by atoms with Crippen LogP contribution in [0.1, 0.15) is 33.3 Å². The van der Waals surface area contributed by atoms with E-state index in [1.165, 1.54) is 29.2 Å². The molecule has 0 bridgehead atoms. The molecule has 0 aliphatic carbocycles. The summed E-state index contributed by atoms with van der Waals surface area (Å²) in [6.07, 6.45) is 0.475. The summed E-state index contributed by atoms with van der Waals surface area (Å²) < 4.78 is 28.5. The van der Waals surface area contributed by atoms with Crippen molar-refractivity contribution >= 4 is 50.7 Å². The minimum atomic E-state index is -4.22. The summed E-state index contributed by atoms with van der Waals surface area (Å²) in [6, 6.07) is 21.0. The molecule has 0 aliphatic rings. The molecule has 0 aromatic heterocycles. The molecule has 1 N–H and O–H groups in total. The Hall–Kier alpha value is -3.07. The number of nitrogens with one attached hydrogen (secondary N) is 1. The van der Waals surface area contributed by atoms with E-state index in [2.05, 4.69) is 5.32 Å². The van der Waals surface area contributed by atoms with Crippen LogP contribution in [0.4, 0.5) is 5.69 Å². The standard InChI is InChI=1S/C29H33Cl2N3O4S/c1-21(28(36)32-29(2,3)4)33(19-18-22-12-7-5-8-13-22)26(35)20-34(25-17-11-16-24(30)27(25)31)39(37,38)23-14-9-6-10-15-23/h5-17,21H,18-20H2,1-4H3,(H,32,36). The van der Waals surface area contributed by atoms with E-state index < -0.39 is 34.1 Å². The number of carbonyl (C=O) groups excluding carboxylic acids is 2. The van der Waals surface area contributed by atoms with Gasteiger partial charge >= 0.3 is 0 Å². The molecule has 208 valence electrons. The monoisotopic (exact) mass is 589 g/mol. The second-order valence-corrected chi connectivity index (χ2v) is 12.8. The first-order valence-electron chi connectivity index (χ1n) is 12.5. The van der Waals surface area contributed by atoms with E-state index in [4.69, 9.17) is 23.2 Å². The number of halogens is 2. The summed E-state index contributed by atoms with van der Waals surface area (Å²) in [6.45, 7) is 6.80. The highest BCUT2D eigenvalue weighted by Crippen LogP contribution is 2.35.